The summed E-state index contributed by atoms with van der Waals surface area (Å²) in [6.45, 7) is 2.45. The number of carbonyl (C=O) groups is 1. The molecule has 5 atom stereocenters. The van der Waals surface area contributed by atoms with Gasteiger partial charge in [0, 0.05) is 0 Å². The molecule has 3 aliphatic rings. The number of hydrogen-bond donors (Lipinski definition) is 0. The van der Waals surface area contributed by atoms with Gasteiger partial charge in [-0.1, -0.05) is 6.42 Å². The molecular formula is C13H20O2. The third-order valence-electron chi connectivity index (χ3n) is 5.02. The maximum Gasteiger partial charge on any atom is 0.309 e. The van der Waals surface area contributed by atoms with Crippen molar-refractivity contribution in [2.45, 2.75) is 39.0 Å². The fraction of sp³-hybridized carbons (Fsp3) is 0.923. The predicted octanol–water partition coefficient (Wildman–Crippen LogP) is 2.62. The Hall–Kier alpha value is -0.530. The third kappa shape index (κ3) is 1.33. The summed E-state index contributed by atoms with van der Waals surface area (Å²) in [4.78, 5) is 11.8. The van der Waals surface area contributed by atoms with Crippen LogP contribution in [0.1, 0.15) is 39.0 Å². The van der Waals surface area contributed by atoms with Gasteiger partial charge in [-0.2, -0.15) is 0 Å². The number of rotatable bonds is 2. The first-order valence-corrected chi connectivity index (χ1v) is 6.48. The Bertz CT molecular complexity index is 274. The molecular weight excluding hydrogens is 188 g/mol. The van der Waals surface area contributed by atoms with E-state index in [-0.39, 0.29) is 11.9 Å². The maximum atomic E-state index is 11.8. The Kier molecular flexibility index (Phi) is 2.26. The normalized spacial score (nSPS) is 46.9. The molecule has 2 bridgehead atoms. The Morgan fingerprint density at radius 1 is 1.20 bits per heavy atom. The lowest BCUT2D eigenvalue weighted by Crippen LogP contribution is -2.30. The lowest BCUT2D eigenvalue weighted by atomic mass is 9.76. The monoisotopic (exact) mass is 208 g/mol. The first-order chi connectivity index (χ1) is 7.31. The van der Waals surface area contributed by atoms with Gasteiger partial charge in [0.1, 0.15) is 0 Å². The summed E-state index contributed by atoms with van der Waals surface area (Å²) in [6, 6.07) is 0. The van der Waals surface area contributed by atoms with Crippen LogP contribution in [-0.4, -0.2) is 12.6 Å². The van der Waals surface area contributed by atoms with Gasteiger partial charge < -0.3 is 4.74 Å². The molecule has 2 heteroatoms. The molecule has 0 spiro atoms. The van der Waals surface area contributed by atoms with Crippen LogP contribution in [-0.2, 0) is 9.53 Å². The molecule has 3 saturated carbocycles. The van der Waals surface area contributed by atoms with E-state index < -0.39 is 0 Å². The number of ether oxygens (including phenoxy) is 1. The molecule has 0 heterocycles. The van der Waals surface area contributed by atoms with Gasteiger partial charge in [-0.25, -0.2) is 0 Å². The van der Waals surface area contributed by atoms with Crippen molar-refractivity contribution in [3.05, 3.63) is 0 Å². The molecule has 0 amide bonds. The van der Waals surface area contributed by atoms with Crippen molar-refractivity contribution in [3.8, 4) is 0 Å². The second-order valence-corrected chi connectivity index (χ2v) is 5.51. The SMILES string of the molecule is CCOC(=O)[C@H]1C[C@@H]2C[C@H]1[C@H]1CCC[C@@H]21. The summed E-state index contributed by atoms with van der Waals surface area (Å²) in [5.41, 5.74) is 0. The molecule has 3 rings (SSSR count). The molecule has 0 saturated heterocycles. The zero-order valence-electron chi connectivity index (χ0n) is 9.45. The lowest BCUT2D eigenvalue weighted by Gasteiger charge is -2.29. The minimum atomic E-state index is 0.0929. The van der Waals surface area contributed by atoms with Crippen LogP contribution < -0.4 is 0 Å². The Morgan fingerprint density at radius 3 is 2.80 bits per heavy atom. The van der Waals surface area contributed by atoms with Crippen molar-refractivity contribution in [2.24, 2.45) is 29.6 Å². The average molecular weight is 208 g/mol. The van der Waals surface area contributed by atoms with E-state index in [9.17, 15) is 4.79 Å². The number of fused-ring (bicyclic) bond motifs is 5. The van der Waals surface area contributed by atoms with Crippen LogP contribution in [0.15, 0.2) is 0 Å². The van der Waals surface area contributed by atoms with Crippen LogP contribution in [0, 0.1) is 29.6 Å². The van der Waals surface area contributed by atoms with Crippen molar-refractivity contribution in [1.82, 2.24) is 0 Å². The van der Waals surface area contributed by atoms with Crippen LogP contribution in [0.3, 0.4) is 0 Å². The molecule has 0 aromatic heterocycles. The van der Waals surface area contributed by atoms with Gasteiger partial charge in [0.15, 0.2) is 0 Å². The number of hydrogen-bond acceptors (Lipinski definition) is 2. The summed E-state index contributed by atoms with van der Waals surface area (Å²) < 4.78 is 5.19. The summed E-state index contributed by atoms with van der Waals surface area (Å²) in [5, 5.41) is 0. The van der Waals surface area contributed by atoms with E-state index in [4.69, 9.17) is 4.74 Å². The third-order valence-corrected chi connectivity index (χ3v) is 5.02. The van der Waals surface area contributed by atoms with E-state index in [1.807, 2.05) is 6.92 Å². The second-order valence-electron chi connectivity index (χ2n) is 5.51. The average Bonchev–Trinajstić information content (AvgIpc) is 2.90. The quantitative estimate of drug-likeness (QED) is 0.652. The van der Waals surface area contributed by atoms with E-state index >= 15 is 0 Å². The standard InChI is InChI=1S/C13H20O2/c1-2-15-13(14)12-7-8-6-11(12)10-5-3-4-9(8)10/h8-12H,2-7H2,1H3/t8-,9-,10-,11-,12-/m0/s1. The molecule has 0 unspecified atom stereocenters. The highest BCUT2D eigenvalue weighted by atomic mass is 16.5. The van der Waals surface area contributed by atoms with Crippen LogP contribution in [0.2, 0.25) is 0 Å². The minimum absolute atomic E-state index is 0.0929. The van der Waals surface area contributed by atoms with Gasteiger partial charge in [0.2, 0.25) is 0 Å². The van der Waals surface area contributed by atoms with Crippen molar-refractivity contribution in [1.29, 1.82) is 0 Å². The molecule has 0 aliphatic heterocycles. The minimum Gasteiger partial charge on any atom is -0.466 e. The molecule has 15 heavy (non-hydrogen) atoms. The highest BCUT2D eigenvalue weighted by molar-refractivity contribution is 5.73. The van der Waals surface area contributed by atoms with Crippen molar-refractivity contribution < 1.29 is 9.53 Å². The molecule has 3 fully saturated rings. The van der Waals surface area contributed by atoms with Crippen LogP contribution >= 0.6 is 0 Å². The maximum absolute atomic E-state index is 11.8. The fourth-order valence-corrected chi connectivity index (χ4v) is 4.59. The van der Waals surface area contributed by atoms with Crippen LogP contribution in [0.5, 0.6) is 0 Å². The van der Waals surface area contributed by atoms with Crippen molar-refractivity contribution in [2.75, 3.05) is 6.61 Å². The first kappa shape index (κ1) is 9.68. The first-order valence-electron chi connectivity index (χ1n) is 6.48. The molecule has 0 N–H and O–H groups in total. The van der Waals surface area contributed by atoms with Gasteiger partial charge in [-0.3, -0.25) is 4.79 Å². The summed E-state index contributed by atoms with van der Waals surface area (Å²) in [5.74, 6) is 3.74. The Morgan fingerprint density at radius 2 is 2.00 bits per heavy atom. The zero-order valence-corrected chi connectivity index (χ0v) is 9.45. The van der Waals surface area contributed by atoms with Crippen LogP contribution in [0.25, 0.3) is 0 Å². The summed E-state index contributed by atoms with van der Waals surface area (Å²) in [7, 11) is 0. The van der Waals surface area contributed by atoms with E-state index in [1.165, 1.54) is 25.7 Å². The van der Waals surface area contributed by atoms with Gasteiger partial charge in [-0.15, -0.1) is 0 Å². The highest BCUT2D eigenvalue weighted by Crippen LogP contribution is 2.61. The van der Waals surface area contributed by atoms with Crippen molar-refractivity contribution in [3.63, 3.8) is 0 Å². The van der Waals surface area contributed by atoms with E-state index in [2.05, 4.69) is 0 Å². The Balaban J connectivity index is 1.73. The van der Waals surface area contributed by atoms with Crippen LogP contribution in [0.4, 0.5) is 0 Å². The van der Waals surface area contributed by atoms with E-state index in [1.54, 1.807) is 0 Å². The summed E-state index contributed by atoms with van der Waals surface area (Å²) in [6.07, 6.45) is 6.66. The number of carbonyl (C=O) groups excluding carboxylic acids is 1. The van der Waals surface area contributed by atoms with E-state index in [0.717, 1.165) is 24.2 Å². The van der Waals surface area contributed by atoms with Gasteiger partial charge in [0.05, 0.1) is 12.5 Å². The highest BCUT2D eigenvalue weighted by Gasteiger charge is 2.55. The summed E-state index contributed by atoms with van der Waals surface area (Å²) >= 11 is 0. The molecule has 0 aromatic carbocycles. The lowest BCUT2D eigenvalue weighted by molar-refractivity contribution is -0.150. The fourth-order valence-electron chi connectivity index (χ4n) is 4.59. The predicted molar refractivity (Wildman–Crippen MR) is 57.2 cm³/mol. The molecule has 2 nitrogen and oxygen atoms in total. The largest absolute Gasteiger partial charge is 0.466 e. The van der Waals surface area contributed by atoms with Gasteiger partial charge in [0.25, 0.3) is 0 Å². The van der Waals surface area contributed by atoms with Gasteiger partial charge in [-0.05, 0) is 56.3 Å². The smallest absolute Gasteiger partial charge is 0.309 e. The molecule has 84 valence electrons. The topological polar surface area (TPSA) is 26.3 Å². The van der Waals surface area contributed by atoms with Gasteiger partial charge >= 0.3 is 5.97 Å². The molecule has 0 radical (unpaired) electrons. The van der Waals surface area contributed by atoms with Crippen molar-refractivity contribution >= 4 is 5.97 Å². The Labute approximate surface area is 91.4 Å². The number of esters is 1. The molecule has 0 aromatic rings. The second kappa shape index (κ2) is 3.50. The van der Waals surface area contributed by atoms with E-state index in [0.29, 0.717) is 12.5 Å². The molecule has 3 aliphatic carbocycles. The zero-order chi connectivity index (χ0) is 10.4.